The van der Waals surface area contributed by atoms with Gasteiger partial charge in [-0.2, -0.15) is 12.7 Å². The highest BCUT2D eigenvalue weighted by Gasteiger charge is 2.25. The molecular weight excluding hydrogens is 208 g/mol. The number of carboxylic acids is 1. The van der Waals surface area contributed by atoms with E-state index < -0.39 is 22.2 Å². The first kappa shape index (κ1) is 13.3. The Labute approximate surface area is 84.1 Å². The van der Waals surface area contributed by atoms with E-state index in [-0.39, 0.29) is 13.0 Å². The second kappa shape index (κ2) is 5.28. The normalized spacial score (nSPS) is 14.3. The molecule has 0 bridgehead atoms. The molecule has 0 aliphatic carbocycles. The van der Waals surface area contributed by atoms with Crippen LogP contribution in [0.5, 0.6) is 0 Å². The molecule has 0 aliphatic rings. The van der Waals surface area contributed by atoms with Crippen LogP contribution in [0.15, 0.2) is 0 Å². The van der Waals surface area contributed by atoms with Gasteiger partial charge in [0.05, 0.1) is 6.42 Å². The van der Waals surface area contributed by atoms with E-state index in [1.807, 2.05) is 0 Å². The topological polar surface area (TPSA) is 86.7 Å². The molecule has 0 fully saturated rings. The van der Waals surface area contributed by atoms with Crippen molar-refractivity contribution in [3.63, 3.8) is 0 Å². The summed E-state index contributed by atoms with van der Waals surface area (Å²) in [6.07, 6.45) is -0.200. The standard InChI is InChI=1S/C7H16N2O4S/c1-4-9(14(12,13)8-3)6(2)5-7(10)11/h6,8H,4-5H2,1-3H3,(H,10,11). The van der Waals surface area contributed by atoms with Crippen molar-refractivity contribution < 1.29 is 18.3 Å². The van der Waals surface area contributed by atoms with Gasteiger partial charge >= 0.3 is 5.97 Å². The molecule has 0 aromatic rings. The molecule has 1 atom stereocenters. The minimum atomic E-state index is -3.54. The molecular formula is C7H16N2O4S. The Bertz CT molecular complexity index is 288. The highest BCUT2D eigenvalue weighted by atomic mass is 32.2. The van der Waals surface area contributed by atoms with E-state index in [0.717, 1.165) is 4.31 Å². The smallest absolute Gasteiger partial charge is 0.304 e. The first-order valence-electron chi connectivity index (χ1n) is 4.27. The molecule has 0 aromatic carbocycles. The minimum absolute atomic E-state index is 0.200. The molecule has 0 amide bonds. The summed E-state index contributed by atoms with van der Waals surface area (Å²) < 4.78 is 26.0. The predicted molar refractivity (Wildman–Crippen MR) is 52.1 cm³/mol. The molecule has 6 nitrogen and oxygen atoms in total. The van der Waals surface area contributed by atoms with Gasteiger partial charge in [-0.3, -0.25) is 4.79 Å². The van der Waals surface area contributed by atoms with Gasteiger partial charge in [-0.25, -0.2) is 4.72 Å². The fourth-order valence-electron chi connectivity index (χ4n) is 1.19. The zero-order valence-corrected chi connectivity index (χ0v) is 9.34. The van der Waals surface area contributed by atoms with E-state index in [1.54, 1.807) is 13.8 Å². The summed E-state index contributed by atoms with van der Waals surface area (Å²) in [5, 5.41) is 8.52. The summed E-state index contributed by atoms with van der Waals surface area (Å²) >= 11 is 0. The lowest BCUT2D eigenvalue weighted by Crippen LogP contribution is -2.44. The largest absolute Gasteiger partial charge is 0.481 e. The second-order valence-corrected chi connectivity index (χ2v) is 4.69. The fraction of sp³-hybridized carbons (Fsp3) is 0.857. The lowest BCUT2D eigenvalue weighted by molar-refractivity contribution is -0.137. The van der Waals surface area contributed by atoms with E-state index in [0.29, 0.717) is 0 Å². The zero-order valence-electron chi connectivity index (χ0n) is 8.52. The van der Waals surface area contributed by atoms with Crippen LogP contribution in [0.1, 0.15) is 20.3 Å². The molecule has 14 heavy (non-hydrogen) atoms. The van der Waals surface area contributed by atoms with Gasteiger partial charge in [-0.1, -0.05) is 6.92 Å². The van der Waals surface area contributed by atoms with Crippen LogP contribution in [-0.2, 0) is 15.0 Å². The van der Waals surface area contributed by atoms with Gasteiger partial charge in [0, 0.05) is 19.6 Å². The Kier molecular flexibility index (Phi) is 5.03. The molecule has 7 heteroatoms. The summed E-state index contributed by atoms with van der Waals surface area (Å²) in [4.78, 5) is 10.4. The summed E-state index contributed by atoms with van der Waals surface area (Å²) in [5.41, 5.74) is 0. The maximum Gasteiger partial charge on any atom is 0.304 e. The number of rotatable bonds is 6. The Balaban J connectivity index is 4.65. The molecule has 0 radical (unpaired) electrons. The van der Waals surface area contributed by atoms with Crippen LogP contribution >= 0.6 is 0 Å². The van der Waals surface area contributed by atoms with E-state index in [1.165, 1.54) is 7.05 Å². The van der Waals surface area contributed by atoms with E-state index in [2.05, 4.69) is 4.72 Å². The fourth-order valence-corrected chi connectivity index (χ4v) is 2.31. The number of carbonyl (C=O) groups is 1. The van der Waals surface area contributed by atoms with Crippen molar-refractivity contribution in [1.82, 2.24) is 9.03 Å². The molecule has 0 spiro atoms. The molecule has 0 rings (SSSR count). The number of aliphatic carboxylic acids is 1. The van der Waals surface area contributed by atoms with Crippen molar-refractivity contribution in [2.75, 3.05) is 13.6 Å². The van der Waals surface area contributed by atoms with Gasteiger partial charge in [0.1, 0.15) is 0 Å². The number of hydrogen-bond donors (Lipinski definition) is 2. The van der Waals surface area contributed by atoms with Crippen molar-refractivity contribution in [3.8, 4) is 0 Å². The third-order valence-electron chi connectivity index (χ3n) is 1.84. The van der Waals surface area contributed by atoms with Crippen LogP contribution in [0.25, 0.3) is 0 Å². The van der Waals surface area contributed by atoms with Gasteiger partial charge in [-0.15, -0.1) is 0 Å². The maximum absolute atomic E-state index is 11.4. The Morgan fingerprint density at radius 2 is 2.07 bits per heavy atom. The lowest BCUT2D eigenvalue weighted by atomic mass is 10.2. The van der Waals surface area contributed by atoms with E-state index >= 15 is 0 Å². The first-order valence-corrected chi connectivity index (χ1v) is 5.71. The lowest BCUT2D eigenvalue weighted by Gasteiger charge is -2.25. The van der Waals surface area contributed by atoms with Crippen LogP contribution in [-0.4, -0.2) is 43.4 Å². The summed E-state index contributed by atoms with van der Waals surface area (Å²) in [6.45, 7) is 3.47. The van der Waals surface area contributed by atoms with E-state index in [4.69, 9.17) is 5.11 Å². The Morgan fingerprint density at radius 3 is 2.36 bits per heavy atom. The van der Waals surface area contributed by atoms with Gasteiger partial charge in [0.2, 0.25) is 0 Å². The highest BCUT2D eigenvalue weighted by molar-refractivity contribution is 7.87. The average Bonchev–Trinajstić information content (AvgIpc) is 2.03. The summed E-state index contributed by atoms with van der Waals surface area (Å²) in [7, 11) is -2.24. The number of nitrogens with one attached hydrogen (secondary N) is 1. The molecule has 1 unspecified atom stereocenters. The third-order valence-corrected chi connectivity index (χ3v) is 3.59. The van der Waals surface area contributed by atoms with Crippen LogP contribution in [0, 0.1) is 0 Å². The SMILES string of the molecule is CCN(C(C)CC(=O)O)S(=O)(=O)NC. The average molecular weight is 224 g/mol. The molecule has 0 saturated carbocycles. The maximum atomic E-state index is 11.4. The van der Waals surface area contributed by atoms with Crippen molar-refractivity contribution in [3.05, 3.63) is 0 Å². The Hall–Kier alpha value is -0.660. The third kappa shape index (κ3) is 3.60. The van der Waals surface area contributed by atoms with Crippen LogP contribution in [0.2, 0.25) is 0 Å². The molecule has 2 N–H and O–H groups in total. The van der Waals surface area contributed by atoms with Crippen LogP contribution < -0.4 is 4.72 Å². The van der Waals surface area contributed by atoms with Crippen molar-refractivity contribution in [2.45, 2.75) is 26.3 Å². The minimum Gasteiger partial charge on any atom is -0.481 e. The van der Waals surface area contributed by atoms with Gasteiger partial charge in [0.25, 0.3) is 10.2 Å². The molecule has 0 aromatic heterocycles. The predicted octanol–water partition coefficient (Wildman–Crippen LogP) is -0.364. The second-order valence-electron chi connectivity index (χ2n) is 2.86. The molecule has 0 heterocycles. The molecule has 0 saturated heterocycles. The summed E-state index contributed by atoms with van der Waals surface area (Å²) in [6, 6.07) is -0.546. The van der Waals surface area contributed by atoms with E-state index in [9.17, 15) is 13.2 Å². The van der Waals surface area contributed by atoms with Crippen molar-refractivity contribution in [2.24, 2.45) is 0 Å². The van der Waals surface area contributed by atoms with Crippen molar-refractivity contribution >= 4 is 16.2 Å². The quantitative estimate of drug-likeness (QED) is 0.645. The number of nitrogens with zero attached hydrogens (tertiary/aromatic N) is 1. The van der Waals surface area contributed by atoms with Crippen molar-refractivity contribution in [1.29, 1.82) is 0 Å². The highest BCUT2D eigenvalue weighted by Crippen LogP contribution is 2.07. The molecule has 84 valence electrons. The number of hydrogen-bond acceptors (Lipinski definition) is 3. The monoisotopic (exact) mass is 224 g/mol. The molecule has 0 aliphatic heterocycles. The van der Waals surface area contributed by atoms with Gasteiger partial charge < -0.3 is 5.11 Å². The van der Waals surface area contributed by atoms with Gasteiger partial charge in [0.15, 0.2) is 0 Å². The first-order chi connectivity index (χ1) is 6.35. The van der Waals surface area contributed by atoms with Crippen LogP contribution in [0.4, 0.5) is 0 Å². The summed E-state index contributed by atoms with van der Waals surface area (Å²) in [5.74, 6) is -1.01. The Morgan fingerprint density at radius 1 is 1.57 bits per heavy atom. The van der Waals surface area contributed by atoms with Crippen LogP contribution in [0.3, 0.4) is 0 Å². The number of carboxylic acid groups (broad SMARTS) is 1. The van der Waals surface area contributed by atoms with Gasteiger partial charge in [-0.05, 0) is 6.92 Å². The zero-order chi connectivity index (χ0) is 11.4.